The van der Waals surface area contributed by atoms with Crippen LogP contribution in [0.5, 0.6) is 0 Å². The maximum Gasteiger partial charge on any atom is 0.376 e. The Morgan fingerprint density at radius 3 is 2.64 bits per heavy atom. The Morgan fingerprint density at radius 2 is 2.14 bits per heavy atom. The molecule has 82 valence electrons. The molecule has 0 N–H and O–H groups in total. The van der Waals surface area contributed by atoms with Crippen molar-refractivity contribution in [3.05, 3.63) is 11.6 Å². The molecule has 0 amide bonds. The Labute approximate surface area is 92.5 Å². The van der Waals surface area contributed by atoms with Crippen LogP contribution in [0, 0.1) is 0 Å². The maximum absolute atomic E-state index is 11.5. The maximum atomic E-state index is 11.5. The lowest BCUT2D eigenvalue weighted by atomic mass is 10.1. The summed E-state index contributed by atoms with van der Waals surface area (Å²) in [6.07, 6.45) is 7.09. The number of rotatable bonds is 7. The fourth-order valence-electron chi connectivity index (χ4n) is 1.09. The van der Waals surface area contributed by atoms with Crippen LogP contribution in [0.3, 0.4) is 0 Å². The Kier molecular flexibility index (Phi) is 8.94. The van der Waals surface area contributed by atoms with Crippen LogP contribution in [0.4, 0.5) is 4.53 Å². The molecule has 2 nitrogen and oxygen atoms in total. The van der Waals surface area contributed by atoms with Gasteiger partial charge in [-0.3, -0.25) is 0 Å². The Morgan fingerprint density at radius 1 is 1.43 bits per heavy atom. The lowest BCUT2D eigenvalue weighted by Gasteiger charge is -1.98. The number of carbonyl (C=O) groups excluding carboxylic acids is 1. The Bertz CT molecular complexity index is 193. The number of allylic oxidation sites excluding steroid dienone is 1. The van der Waals surface area contributed by atoms with Crippen molar-refractivity contribution in [2.75, 3.05) is 5.33 Å². The zero-order valence-electron chi connectivity index (χ0n) is 8.39. The van der Waals surface area contributed by atoms with Gasteiger partial charge in [-0.15, -0.1) is 0 Å². The predicted octanol–water partition coefficient (Wildman–Crippen LogP) is 3.71. The molecule has 0 rings (SSSR count). The average molecular weight is 267 g/mol. The second-order valence-corrected chi connectivity index (χ2v) is 3.64. The first-order valence-corrected chi connectivity index (χ1v) is 5.96. The number of hydrogen-bond donors (Lipinski definition) is 0. The number of halogens is 2. The quantitative estimate of drug-likeness (QED) is 0.399. The molecule has 0 aliphatic heterocycles. The normalized spacial score (nSPS) is 11.5. The monoisotopic (exact) mass is 266 g/mol. The van der Waals surface area contributed by atoms with E-state index in [9.17, 15) is 9.32 Å². The van der Waals surface area contributed by atoms with Gasteiger partial charge in [0.1, 0.15) is 0 Å². The molecule has 4 heteroatoms. The van der Waals surface area contributed by atoms with Gasteiger partial charge in [0, 0.05) is 15.4 Å². The van der Waals surface area contributed by atoms with E-state index in [2.05, 4.69) is 27.8 Å². The van der Waals surface area contributed by atoms with Gasteiger partial charge in [-0.05, 0) is 12.8 Å². The molecule has 0 saturated heterocycles. The van der Waals surface area contributed by atoms with Gasteiger partial charge in [0.25, 0.3) is 0 Å². The van der Waals surface area contributed by atoms with Crippen molar-refractivity contribution in [2.45, 2.75) is 39.0 Å². The van der Waals surface area contributed by atoms with Gasteiger partial charge >= 0.3 is 5.97 Å². The first kappa shape index (κ1) is 13.6. The molecule has 14 heavy (non-hydrogen) atoms. The van der Waals surface area contributed by atoms with Crippen LogP contribution in [0.15, 0.2) is 11.6 Å². The number of carbonyl (C=O) groups is 1. The van der Waals surface area contributed by atoms with Crippen LogP contribution in [0.1, 0.15) is 39.0 Å². The minimum absolute atomic E-state index is 0.337. The SMILES string of the molecule is CCCCCC/C=C(\CBr)C(=O)OF. The average Bonchev–Trinajstić information content (AvgIpc) is 2.22. The summed E-state index contributed by atoms with van der Waals surface area (Å²) in [5.41, 5.74) is 0.351. The van der Waals surface area contributed by atoms with Gasteiger partial charge in [-0.25, -0.2) is 9.74 Å². The second-order valence-electron chi connectivity index (χ2n) is 3.08. The molecule has 0 atom stereocenters. The molecule has 0 unspecified atom stereocenters. The molecule has 0 fully saturated rings. The third-order valence-corrected chi connectivity index (χ3v) is 2.53. The predicted molar refractivity (Wildman–Crippen MR) is 57.8 cm³/mol. The van der Waals surface area contributed by atoms with Gasteiger partial charge in [-0.1, -0.05) is 48.2 Å². The third-order valence-electron chi connectivity index (χ3n) is 1.92. The van der Waals surface area contributed by atoms with Crippen molar-refractivity contribution >= 4 is 21.9 Å². The summed E-state index contributed by atoms with van der Waals surface area (Å²) in [6.45, 7) is 2.14. The summed E-state index contributed by atoms with van der Waals surface area (Å²) < 4.78 is 11.5. The van der Waals surface area contributed by atoms with Gasteiger partial charge < -0.3 is 0 Å². The number of alkyl halides is 1. The molecule has 0 aromatic rings. The van der Waals surface area contributed by atoms with Crippen molar-refractivity contribution in [1.82, 2.24) is 0 Å². The van der Waals surface area contributed by atoms with Crippen molar-refractivity contribution in [3.8, 4) is 0 Å². The van der Waals surface area contributed by atoms with Crippen LogP contribution in [-0.4, -0.2) is 11.3 Å². The summed E-state index contributed by atoms with van der Waals surface area (Å²) in [4.78, 5) is 13.9. The molecule has 0 aromatic carbocycles. The van der Waals surface area contributed by atoms with E-state index in [0.29, 0.717) is 10.9 Å². The molecule has 0 radical (unpaired) electrons. The van der Waals surface area contributed by atoms with E-state index < -0.39 is 5.97 Å². The molecular weight excluding hydrogens is 251 g/mol. The largest absolute Gasteiger partial charge is 0.376 e. The highest BCUT2D eigenvalue weighted by molar-refractivity contribution is 9.09. The van der Waals surface area contributed by atoms with Crippen molar-refractivity contribution in [3.63, 3.8) is 0 Å². The smallest absolute Gasteiger partial charge is 0.250 e. The lowest BCUT2D eigenvalue weighted by Crippen LogP contribution is -2.03. The van der Waals surface area contributed by atoms with Crippen LogP contribution in [-0.2, 0) is 9.74 Å². The summed E-state index contributed by atoms with van der Waals surface area (Å²) in [5.74, 6) is -0.891. The van der Waals surface area contributed by atoms with Gasteiger partial charge in [-0.2, -0.15) is 0 Å². The Hall–Kier alpha value is -0.380. The highest BCUT2D eigenvalue weighted by Gasteiger charge is 2.09. The fourth-order valence-corrected chi connectivity index (χ4v) is 1.55. The Balaban J connectivity index is 3.76. The van der Waals surface area contributed by atoms with E-state index in [1.54, 1.807) is 6.08 Å². The standard InChI is InChI=1S/C10H16BrFO2/c1-2-3-4-5-6-7-9(8-11)10(13)14-12/h7H,2-6,8H2,1H3/b9-7+. The molecule has 0 heterocycles. The van der Waals surface area contributed by atoms with E-state index >= 15 is 0 Å². The highest BCUT2D eigenvalue weighted by Crippen LogP contribution is 2.09. The first-order valence-electron chi connectivity index (χ1n) is 4.84. The fraction of sp³-hybridized carbons (Fsp3) is 0.700. The second kappa shape index (κ2) is 9.19. The summed E-state index contributed by atoms with van der Waals surface area (Å²) in [7, 11) is 0. The molecule has 0 spiro atoms. The summed E-state index contributed by atoms with van der Waals surface area (Å²) in [5, 5.41) is 0.337. The number of hydrogen-bond acceptors (Lipinski definition) is 2. The van der Waals surface area contributed by atoms with Crippen molar-refractivity contribution in [2.24, 2.45) is 0 Å². The molecule has 0 aliphatic carbocycles. The third kappa shape index (κ3) is 6.13. The van der Waals surface area contributed by atoms with Gasteiger partial charge in [0.05, 0.1) is 0 Å². The number of unbranched alkanes of at least 4 members (excludes halogenated alkanes) is 4. The zero-order valence-corrected chi connectivity index (χ0v) is 9.98. The molecule has 0 aliphatic rings. The highest BCUT2D eigenvalue weighted by atomic mass is 79.9. The van der Waals surface area contributed by atoms with E-state index in [1.165, 1.54) is 12.8 Å². The zero-order chi connectivity index (χ0) is 10.8. The summed E-state index contributed by atoms with van der Waals surface area (Å²) >= 11 is 3.10. The van der Waals surface area contributed by atoms with Gasteiger partial charge in [0.2, 0.25) is 0 Å². The van der Waals surface area contributed by atoms with E-state index in [4.69, 9.17) is 0 Å². The van der Waals surface area contributed by atoms with Gasteiger partial charge in [0.15, 0.2) is 0 Å². The first-order chi connectivity index (χ1) is 6.76. The minimum atomic E-state index is -0.891. The molecule has 0 bridgehead atoms. The topological polar surface area (TPSA) is 26.3 Å². The van der Waals surface area contributed by atoms with Crippen LogP contribution in [0.2, 0.25) is 0 Å². The van der Waals surface area contributed by atoms with Crippen molar-refractivity contribution < 1.29 is 14.3 Å². The summed E-state index contributed by atoms with van der Waals surface area (Å²) in [6, 6.07) is 0. The molecular formula is C10H16BrFO2. The molecule has 0 saturated carbocycles. The van der Waals surface area contributed by atoms with Crippen LogP contribution >= 0.6 is 15.9 Å². The lowest BCUT2D eigenvalue weighted by molar-refractivity contribution is -0.178. The van der Waals surface area contributed by atoms with Crippen LogP contribution < -0.4 is 0 Å². The van der Waals surface area contributed by atoms with Crippen molar-refractivity contribution in [1.29, 1.82) is 0 Å². The minimum Gasteiger partial charge on any atom is -0.250 e. The van der Waals surface area contributed by atoms with Crippen LogP contribution in [0.25, 0.3) is 0 Å². The molecule has 0 aromatic heterocycles. The van der Waals surface area contributed by atoms with E-state index in [1.807, 2.05) is 0 Å². The van der Waals surface area contributed by atoms with E-state index in [-0.39, 0.29) is 0 Å². The van der Waals surface area contributed by atoms with E-state index in [0.717, 1.165) is 19.3 Å².